The third-order valence-electron chi connectivity index (χ3n) is 3.74. The van der Waals surface area contributed by atoms with E-state index in [2.05, 4.69) is 46.4 Å². The van der Waals surface area contributed by atoms with E-state index in [4.69, 9.17) is 4.74 Å². The lowest BCUT2D eigenvalue weighted by molar-refractivity contribution is -0.00801. The second kappa shape index (κ2) is 7.79. The summed E-state index contributed by atoms with van der Waals surface area (Å²) in [5, 5.41) is 11.1. The van der Waals surface area contributed by atoms with Crippen LogP contribution >= 0.6 is 0 Å². The third-order valence-corrected chi connectivity index (χ3v) is 3.74. The Morgan fingerprint density at radius 3 is 2.83 bits per heavy atom. The average molecular weight is 322 g/mol. The van der Waals surface area contributed by atoms with Gasteiger partial charge in [-0.15, -0.1) is 0 Å². The first kappa shape index (κ1) is 17.7. The molecule has 2 rings (SSSR count). The zero-order valence-electron chi connectivity index (χ0n) is 15.0. The zero-order chi connectivity index (χ0) is 16.9. The molecule has 0 amide bonds. The molecule has 1 saturated heterocycles. The van der Waals surface area contributed by atoms with Crippen LogP contribution in [0.25, 0.3) is 0 Å². The van der Waals surface area contributed by atoms with Crippen molar-refractivity contribution in [3.05, 3.63) is 18.0 Å². The Labute approximate surface area is 139 Å². The van der Waals surface area contributed by atoms with Gasteiger partial charge in [0.05, 0.1) is 19.3 Å². The Bertz CT molecular complexity index is 519. The van der Waals surface area contributed by atoms with Gasteiger partial charge in [-0.2, -0.15) is 5.10 Å². The fourth-order valence-corrected chi connectivity index (χ4v) is 2.59. The summed E-state index contributed by atoms with van der Waals surface area (Å²) in [6.45, 7) is 10.6. The van der Waals surface area contributed by atoms with Crippen molar-refractivity contribution < 1.29 is 4.74 Å². The number of hydrogen-bond acceptors (Lipinski definition) is 4. The van der Waals surface area contributed by atoms with Crippen LogP contribution in [0.3, 0.4) is 0 Å². The smallest absolute Gasteiger partial charge is 0.193 e. The molecule has 7 heteroatoms. The number of aromatic nitrogens is 2. The minimum Gasteiger partial charge on any atom is -0.370 e. The number of morpholine rings is 1. The fraction of sp³-hybridized carbons (Fsp3) is 0.750. The van der Waals surface area contributed by atoms with Gasteiger partial charge < -0.3 is 20.3 Å². The lowest BCUT2D eigenvalue weighted by Crippen LogP contribution is -2.50. The molecule has 1 aliphatic rings. The van der Waals surface area contributed by atoms with Gasteiger partial charge in [0.15, 0.2) is 5.96 Å². The molecule has 7 nitrogen and oxygen atoms in total. The molecule has 2 N–H and O–H groups in total. The minimum absolute atomic E-state index is 0.0451. The molecule has 1 unspecified atom stereocenters. The molecule has 23 heavy (non-hydrogen) atoms. The van der Waals surface area contributed by atoms with Crippen LogP contribution < -0.4 is 10.6 Å². The van der Waals surface area contributed by atoms with E-state index in [1.165, 1.54) is 0 Å². The molecular weight excluding hydrogens is 292 g/mol. The van der Waals surface area contributed by atoms with Crippen molar-refractivity contribution in [2.24, 2.45) is 12.0 Å². The third kappa shape index (κ3) is 5.51. The molecular formula is C16H30N6O. The number of rotatable bonds is 4. The van der Waals surface area contributed by atoms with E-state index in [0.29, 0.717) is 6.61 Å². The lowest BCUT2D eigenvalue weighted by atomic mass is 10.1. The van der Waals surface area contributed by atoms with Crippen LogP contribution in [0.5, 0.6) is 0 Å². The van der Waals surface area contributed by atoms with E-state index in [1.807, 2.05) is 31.2 Å². The van der Waals surface area contributed by atoms with Crippen LogP contribution in [0.2, 0.25) is 0 Å². The van der Waals surface area contributed by atoms with E-state index < -0.39 is 0 Å². The molecule has 1 fully saturated rings. The Hall–Kier alpha value is -1.60. The topological polar surface area (TPSA) is 66.7 Å². The van der Waals surface area contributed by atoms with Crippen molar-refractivity contribution in [1.29, 1.82) is 0 Å². The highest BCUT2D eigenvalue weighted by Gasteiger charge is 2.25. The maximum absolute atomic E-state index is 5.88. The molecule has 130 valence electrons. The van der Waals surface area contributed by atoms with E-state index >= 15 is 0 Å². The molecule has 0 radical (unpaired) electrons. The second-order valence-electron chi connectivity index (χ2n) is 6.90. The summed E-state index contributed by atoms with van der Waals surface area (Å²) in [7, 11) is 3.75. The van der Waals surface area contributed by atoms with Crippen molar-refractivity contribution in [3.8, 4) is 0 Å². The maximum Gasteiger partial charge on any atom is 0.193 e. The highest BCUT2D eigenvalue weighted by atomic mass is 16.5. The standard InChI is InChI=1S/C16H30N6O/c1-16(2,3)19-7-6-18-15(17-4)22-8-9-23-14(12-22)13-10-20-21(5)11-13/h10-11,14,19H,6-9,12H2,1-5H3,(H,17,18). The van der Waals surface area contributed by atoms with Gasteiger partial charge in [-0.3, -0.25) is 9.67 Å². The van der Waals surface area contributed by atoms with Gasteiger partial charge in [0.2, 0.25) is 0 Å². The number of nitrogens with one attached hydrogen (secondary N) is 2. The van der Waals surface area contributed by atoms with Crippen molar-refractivity contribution in [2.75, 3.05) is 39.8 Å². The zero-order valence-corrected chi connectivity index (χ0v) is 15.0. The number of hydrogen-bond donors (Lipinski definition) is 2. The molecule has 0 aromatic carbocycles. The Morgan fingerprint density at radius 2 is 2.22 bits per heavy atom. The first-order valence-corrected chi connectivity index (χ1v) is 8.20. The summed E-state index contributed by atoms with van der Waals surface area (Å²) in [5.41, 5.74) is 1.25. The molecule has 0 saturated carbocycles. The first-order chi connectivity index (χ1) is 10.9. The summed E-state index contributed by atoms with van der Waals surface area (Å²) < 4.78 is 7.69. The highest BCUT2D eigenvalue weighted by Crippen LogP contribution is 2.21. The van der Waals surface area contributed by atoms with Crippen molar-refractivity contribution in [1.82, 2.24) is 25.3 Å². The Kier molecular flexibility index (Phi) is 6.01. The molecule has 1 aromatic heterocycles. The number of nitrogens with zero attached hydrogens (tertiary/aromatic N) is 4. The maximum atomic E-state index is 5.88. The molecule has 0 spiro atoms. The minimum atomic E-state index is 0.0451. The molecule has 1 aliphatic heterocycles. The van der Waals surface area contributed by atoms with Crippen LogP contribution in [0.4, 0.5) is 0 Å². The Morgan fingerprint density at radius 1 is 1.43 bits per heavy atom. The van der Waals surface area contributed by atoms with Crippen LogP contribution in [0.1, 0.15) is 32.4 Å². The predicted octanol–water partition coefficient (Wildman–Crippen LogP) is 0.757. The average Bonchev–Trinajstić information content (AvgIpc) is 2.93. The molecule has 0 bridgehead atoms. The summed E-state index contributed by atoms with van der Waals surface area (Å²) in [6.07, 6.45) is 3.93. The molecule has 1 atom stereocenters. The van der Waals surface area contributed by atoms with Gasteiger partial charge in [0.1, 0.15) is 6.10 Å². The summed E-state index contributed by atoms with van der Waals surface area (Å²) in [6, 6.07) is 0. The number of ether oxygens (including phenoxy) is 1. The van der Waals surface area contributed by atoms with Gasteiger partial charge in [0.25, 0.3) is 0 Å². The highest BCUT2D eigenvalue weighted by molar-refractivity contribution is 5.80. The normalized spacial score (nSPS) is 20.0. The molecule has 0 aliphatic carbocycles. The van der Waals surface area contributed by atoms with Crippen LogP contribution in [-0.4, -0.2) is 66.0 Å². The number of guanidine groups is 1. The van der Waals surface area contributed by atoms with Crippen LogP contribution in [-0.2, 0) is 11.8 Å². The lowest BCUT2D eigenvalue weighted by Gasteiger charge is -2.35. The van der Waals surface area contributed by atoms with Gasteiger partial charge in [-0.1, -0.05) is 0 Å². The van der Waals surface area contributed by atoms with Gasteiger partial charge >= 0.3 is 0 Å². The predicted molar refractivity (Wildman–Crippen MR) is 92.6 cm³/mol. The van der Waals surface area contributed by atoms with Crippen molar-refractivity contribution in [3.63, 3.8) is 0 Å². The summed E-state index contributed by atoms with van der Waals surface area (Å²) in [4.78, 5) is 6.65. The summed E-state index contributed by atoms with van der Waals surface area (Å²) in [5.74, 6) is 0.929. The van der Waals surface area contributed by atoms with Crippen molar-refractivity contribution in [2.45, 2.75) is 32.4 Å². The quantitative estimate of drug-likeness (QED) is 0.487. The van der Waals surface area contributed by atoms with E-state index in [-0.39, 0.29) is 11.6 Å². The number of aryl methyl sites for hydroxylation is 1. The van der Waals surface area contributed by atoms with E-state index in [1.54, 1.807) is 0 Å². The molecule has 1 aromatic rings. The van der Waals surface area contributed by atoms with Gasteiger partial charge in [-0.25, -0.2) is 0 Å². The number of aliphatic imine (C=N–C) groups is 1. The van der Waals surface area contributed by atoms with Crippen molar-refractivity contribution >= 4 is 5.96 Å². The SMILES string of the molecule is CN=C(NCCNC(C)(C)C)N1CCOC(c2cnn(C)c2)C1. The second-order valence-corrected chi connectivity index (χ2v) is 6.90. The van der Waals surface area contributed by atoms with E-state index in [0.717, 1.165) is 37.7 Å². The fourth-order valence-electron chi connectivity index (χ4n) is 2.59. The van der Waals surface area contributed by atoms with Gasteiger partial charge in [-0.05, 0) is 20.8 Å². The first-order valence-electron chi connectivity index (χ1n) is 8.20. The van der Waals surface area contributed by atoms with Gasteiger partial charge in [0, 0.05) is 51.0 Å². The largest absolute Gasteiger partial charge is 0.370 e. The van der Waals surface area contributed by atoms with Crippen LogP contribution in [0.15, 0.2) is 17.4 Å². The summed E-state index contributed by atoms with van der Waals surface area (Å²) >= 11 is 0. The monoisotopic (exact) mass is 322 g/mol. The Balaban J connectivity index is 1.86. The van der Waals surface area contributed by atoms with Crippen LogP contribution in [0, 0.1) is 0 Å². The molecule has 2 heterocycles. The van der Waals surface area contributed by atoms with E-state index in [9.17, 15) is 0 Å².